The van der Waals surface area contributed by atoms with E-state index in [2.05, 4.69) is 24.4 Å². The number of rotatable bonds is 4. The van der Waals surface area contributed by atoms with Gasteiger partial charge in [-0.25, -0.2) is 0 Å². The molecule has 1 amide bonds. The zero-order chi connectivity index (χ0) is 13.0. The molecule has 18 heavy (non-hydrogen) atoms. The van der Waals surface area contributed by atoms with Crippen molar-refractivity contribution in [3.05, 3.63) is 35.9 Å². The molecule has 2 unspecified atom stereocenters. The van der Waals surface area contributed by atoms with Crippen molar-refractivity contribution in [3.63, 3.8) is 0 Å². The topological polar surface area (TPSA) is 55.1 Å². The molecule has 1 aromatic carbocycles. The SMILES string of the molecule is CC1SCCCC1(NCc1ccccc1)C(N)=O. The van der Waals surface area contributed by atoms with Gasteiger partial charge in [-0.05, 0) is 24.2 Å². The highest BCUT2D eigenvalue weighted by Crippen LogP contribution is 2.34. The lowest BCUT2D eigenvalue weighted by Crippen LogP contribution is -2.62. The predicted octanol–water partition coefficient (Wildman–Crippen LogP) is 1.92. The van der Waals surface area contributed by atoms with Crippen LogP contribution in [0.5, 0.6) is 0 Å². The summed E-state index contributed by atoms with van der Waals surface area (Å²) in [6.45, 7) is 2.78. The van der Waals surface area contributed by atoms with Crippen LogP contribution in [0, 0.1) is 0 Å². The van der Waals surface area contributed by atoms with Crippen molar-refractivity contribution in [2.45, 2.75) is 37.1 Å². The summed E-state index contributed by atoms with van der Waals surface area (Å²) in [5.41, 5.74) is 6.27. The molecule has 0 aromatic heterocycles. The van der Waals surface area contributed by atoms with Gasteiger partial charge in [0.2, 0.25) is 5.91 Å². The van der Waals surface area contributed by atoms with E-state index < -0.39 is 5.54 Å². The number of carbonyl (C=O) groups excluding carboxylic acids is 1. The number of carbonyl (C=O) groups is 1. The third-order valence-electron chi connectivity index (χ3n) is 3.67. The number of benzene rings is 1. The van der Waals surface area contributed by atoms with E-state index in [0.717, 1.165) is 18.6 Å². The molecule has 1 heterocycles. The second-order valence-electron chi connectivity index (χ2n) is 4.79. The largest absolute Gasteiger partial charge is 0.368 e. The maximum atomic E-state index is 11.9. The van der Waals surface area contributed by atoms with Crippen molar-refractivity contribution < 1.29 is 4.79 Å². The van der Waals surface area contributed by atoms with Gasteiger partial charge in [0.1, 0.15) is 5.54 Å². The summed E-state index contributed by atoms with van der Waals surface area (Å²) < 4.78 is 0. The van der Waals surface area contributed by atoms with Crippen LogP contribution in [0.15, 0.2) is 30.3 Å². The van der Waals surface area contributed by atoms with E-state index in [4.69, 9.17) is 5.73 Å². The lowest BCUT2D eigenvalue weighted by Gasteiger charge is -2.40. The van der Waals surface area contributed by atoms with Crippen LogP contribution in [0.25, 0.3) is 0 Å². The Morgan fingerprint density at radius 1 is 1.50 bits per heavy atom. The molecule has 0 spiro atoms. The summed E-state index contributed by atoms with van der Waals surface area (Å²) in [6, 6.07) is 10.1. The molecule has 3 N–H and O–H groups in total. The summed E-state index contributed by atoms with van der Waals surface area (Å²) in [6.07, 6.45) is 1.88. The predicted molar refractivity (Wildman–Crippen MR) is 76.4 cm³/mol. The Morgan fingerprint density at radius 3 is 2.83 bits per heavy atom. The molecule has 2 rings (SSSR count). The fourth-order valence-electron chi connectivity index (χ4n) is 2.46. The van der Waals surface area contributed by atoms with Crippen molar-refractivity contribution >= 4 is 17.7 Å². The van der Waals surface area contributed by atoms with Gasteiger partial charge in [0.05, 0.1) is 0 Å². The normalized spacial score (nSPS) is 27.9. The van der Waals surface area contributed by atoms with Crippen LogP contribution < -0.4 is 11.1 Å². The molecule has 0 saturated carbocycles. The summed E-state index contributed by atoms with van der Waals surface area (Å²) in [7, 11) is 0. The smallest absolute Gasteiger partial charge is 0.238 e. The molecule has 1 aromatic rings. The van der Waals surface area contributed by atoms with Gasteiger partial charge >= 0.3 is 0 Å². The van der Waals surface area contributed by atoms with Gasteiger partial charge in [0.15, 0.2) is 0 Å². The van der Waals surface area contributed by atoms with Crippen LogP contribution in [0.1, 0.15) is 25.3 Å². The Bertz CT molecular complexity index is 410. The number of nitrogens with two attached hydrogens (primary N) is 1. The van der Waals surface area contributed by atoms with Crippen molar-refractivity contribution in [2.24, 2.45) is 5.73 Å². The first-order valence-corrected chi connectivity index (χ1v) is 7.40. The van der Waals surface area contributed by atoms with Crippen molar-refractivity contribution in [1.29, 1.82) is 0 Å². The van der Waals surface area contributed by atoms with Gasteiger partial charge in [-0.1, -0.05) is 37.3 Å². The van der Waals surface area contributed by atoms with E-state index in [9.17, 15) is 4.79 Å². The Balaban J connectivity index is 2.09. The third kappa shape index (κ3) is 2.70. The van der Waals surface area contributed by atoms with Crippen LogP contribution in [-0.4, -0.2) is 22.4 Å². The van der Waals surface area contributed by atoms with Gasteiger partial charge in [-0.3, -0.25) is 10.1 Å². The van der Waals surface area contributed by atoms with E-state index in [0.29, 0.717) is 6.54 Å². The average Bonchev–Trinajstić information content (AvgIpc) is 2.39. The third-order valence-corrected chi connectivity index (χ3v) is 5.09. The number of amides is 1. The molecular formula is C14H20N2OS. The monoisotopic (exact) mass is 264 g/mol. The van der Waals surface area contributed by atoms with Crippen LogP contribution in [0.3, 0.4) is 0 Å². The Morgan fingerprint density at radius 2 is 2.22 bits per heavy atom. The molecule has 0 radical (unpaired) electrons. The molecule has 1 fully saturated rings. The van der Waals surface area contributed by atoms with Gasteiger partial charge in [-0.2, -0.15) is 11.8 Å². The number of primary amides is 1. The average molecular weight is 264 g/mol. The fraction of sp³-hybridized carbons (Fsp3) is 0.500. The molecule has 4 heteroatoms. The summed E-state index contributed by atoms with van der Waals surface area (Å²) in [5.74, 6) is 0.890. The van der Waals surface area contributed by atoms with Crippen LogP contribution in [-0.2, 0) is 11.3 Å². The first kappa shape index (κ1) is 13.4. The lowest BCUT2D eigenvalue weighted by atomic mass is 9.88. The second kappa shape index (κ2) is 5.76. The highest BCUT2D eigenvalue weighted by Gasteiger charge is 2.43. The Labute approximate surface area is 113 Å². The summed E-state index contributed by atoms with van der Waals surface area (Å²) >= 11 is 1.83. The van der Waals surface area contributed by atoms with Gasteiger partial charge in [0, 0.05) is 11.8 Å². The minimum atomic E-state index is -0.557. The molecule has 3 nitrogen and oxygen atoms in total. The van der Waals surface area contributed by atoms with E-state index in [-0.39, 0.29) is 11.2 Å². The van der Waals surface area contributed by atoms with Gasteiger partial charge in [0.25, 0.3) is 0 Å². The number of nitrogens with one attached hydrogen (secondary N) is 1. The van der Waals surface area contributed by atoms with Crippen molar-refractivity contribution in [2.75, 3.05) is 5.75 Å². The molecule has 2 atom stereocenters. The highest BCUT2D eigenvalue weighted by molar-refractivity contribution is 8.00. The number of hydrogen-bond donors (Lipinski definition) is 2. The standard InChI is InChI=1S/C14H20N2OS/c1-11-14(13(15)17,8-5-9-18-11)16-10-12-6-3-2-4-7-12/h2-4,6-7,11,16H,5,8-10H2,1H3,(H2,15,17). The van der Waals surface area contributed by atoms with E-state index >= 15 is 0 Å². The van der Waals surface area contributed by atoms with Crippen molar-refractivity contribution in [3.8, 4) is 0 Å². The van der Waals surface area contributed by atoms with Crippen LogP contribution in [0.4, 0.5) is 0 Å². The Kier molecular flexibility index (Phi) is 4.30. The molecule has 1 aliphatic heterocycles. The van der Waals surface area contributed by atoms with Crippen molar-refractivity contribution in [1.82, 2.24) is 5.32 Å². The zero-order valence-electron chi connectivity index (χ0n) is 10.7. The van der Waals surface area contributed by atoms with E-state index in [1.54, 1.807) is 0 Å². The summed E-state index contributed by atoms with van der Waals surface area (Å²) in [5, 5.41) is 3.63. The first-order valence-electron chi connectivity index (χ1n) is 6.35. The maximum Gasteiger partial charge on any atom is 0.238 e. The van der Waals surface area contributed by atoms with Gasteiger partial charge < -0.3 is 5.73 Å². The number of hydrogen-bond acceptors (Lipinski definition) is 3. The van der Waals surface area contributed by atoms with Gasteiger partial charge in [-0.15, -0.1) is 0 Å². The molecule has 0 bridgehead atoms. The molecule has 98 valence electrons. The van der Waals surface area contributed by atoms with E-state index in [1.165, 1.54) is 5.56 Å². The molecule has 1 saturated heterocycles. The molecule has 1 aliphatic rings. The quantitative estimate of drug-likeness (QED) is 0.873. The Hall–Kier alpha value is -1.00. The summed E-state index contributed by atoms with van der Waals surface area (Å²) in [4.78, 5) is 11.9. The molecule has 0 aliphatic carbocycles. The molecular weight excluding hydrogens is 244 g/mol. The minimum Gasteiger partial charge on any atom is -0.368 e. The van der Waals surface area contributed by atoms with Crippen LogP contribution >= 0.6 is 11.8 Å². The maximum absolute atomic E-state index is 11.9. The lowest BCUT2D eigenvalue weighted by molar-refractivity contribution is -0.124. The highest BCUT2D eigenvalue weighted by atomic mass is 32.2. The van der Waals surface area contributed by atoms with Crippen LogP contribution in [0.2, 0.25) is 0 Å². The first-order chi connectivity index (χ1) is 8.65. The fourth-order valence-corrected chi connectivity index (χ4v) is 3.72. The minimum absolute atomic E-state index is 0.224. The van der Waals surface area contributed by atoms with E-state index in [1.807, 2.05) is 30.0 Å². The zero-order valence-corrected chi connectivity index (χ0v) is 11.5. The number of thioether (sulfide) groups is 1. The second-order valence-corrected chi connectivity index (χ2v) is 6.24.